The summed E-state index contributed by atoms with van der Waals surface area (Å²) >= 11 is 0. The van der Waals surface area contributed by atoms with E-state index in [4.69, 9.17) is 0 Å². The molecule has 3 rings (SSSR count). The van der Waals surface area contributed by atoms with Gasteiger partial charge < -0.3 is 14.8 Å². The van der Waals surface area contributed by atoms with Crippen molar-refractivity contribution >= 4 is 16.9 Å². The lowest BCUT2D eigenvalue weighted by molar-refractivity contribution is -0.131. The molecule has 1 N–H and O–H groups in total. The molecule has 1 amide bonds. The van der Waals surface area contributed by atoms with E-state index in [0.717, 1.165) is 49.3 Å². The van der Waals surface area contributed by atoms with Crippen LogP contribution in [0.5, 0.6) is 0 Å². The summed E-state index contributed by atoms with van der Waals surface area (Å²) in [5, 5.41) is 2.93. The molecular weight excluding hydrogens is 278 g/mol. The largest absolute Gasteiger partial charge is 0.342 e. The van der Waals surface area contributed by atoms with Crippen LogP contribution < -0.4 is 5.32 Å². The molecule has 1 fully saturated rings. The lowest BCUT2D eigenvalue weighted by Gasteiger charge is -2.32. The number of carbonyl (C=O) groups is 1. The first-order chi connectivity index (χ1) is 10.7. The normalized spacial score (nSPS) is 16.4. The van der Waals surface area contributed by atoms with E-state index in [2.05, 4.69) is 19.9 Å². The predicted octanol–water partition coefficient (Wildman–Crippen LogP) is 1.20. The van der Waals surface area contributed by atoms with E-state index in [1.54, 1.807) is 0 Å². The molecule has 0 spiro atoms. The number of hydrogen-bond donors (Lipinski definition) is 1. The second-order valence-corrected chi connectivity index (χ2v) is 5.99. The highest BCUT2D eigenvalue weighted by Crippen LogP contribution is 2.23. The van der Waals surface area contributed by atoms with Gasteiger partial charge in [-0.1, -0.05) is 0 Å². The lowest BCUT2D eigenvalue weighted by atomic mass is 9.96. The van der Waals surface area contributed by atoms with Crippen LogP contribution in [0.2, 0.25) is 0 Å². The van der Waals surface area contributed by atoms with Crippen molar-refractivity contribution in [3.63, 3.8) is 0 Å². The van der Waals surface area contributed by atoms with Crippen molar-refractivity contribution in [3.8, 4) is 0 Å². The fourth-order valence-electron chi connectivity index (χ4n) is 3.22. The van der Waals surface area contributed by atoms with Crippen LogP contribution in [0.25, 0.3) is 11.0 Å². The number of aromatic nitrogens is 3. The van der Waals surface area contributed by atoms with Crippen molar-refractivity contribution in [1.82, 2.24) is 24.8 Å². The zero-order valence-corrected chi connectivity index (χ0v) is 13.2. The van der Waals surface area contributed by atoms with E-state index < -0.39 is 0 Å². The summed E-state index contributed by atoms with van der Waals surface area (Å²) in [7, 11) is 1.81. The summed E-state index contributed by atoms with van der Waals surface area (Å²) in [6, 6.07) is 2.03. The summed E-state index contributed by atoms with van der Waals surface area (Å²) in [4.78, 5) is 22.6. The number of nitrogens with one attached hydrogen (secondary N) is 1. The number of likely N-dealkylation sites (tertiary alicyclic amines) is 1. The van der Waals surface area contributed by atoms with Crippen molar-refractivity contribution in [2.24, 2.45) is 5.92 Å². The van der Waals surface area contributed by atoms with Gasteiger partial charge in [0.15, 0.2) is 0 Å². The molecule has 0 atom stereocenters. The average molecular weight is 301 g/mol. The molecule has 0 unspecified atom stereocenters. The fourth-order valence-corrected chi connectivity index (χ4v) is 3.22. The second-order valence-electron chi connectivity index (χ2n) is 5.99. The van der Waals surface area contributed by atoms with E-state index in [1.165, 1.54) is 0 Å². The van der Waals surface area contributed by atoms with Crippen molar-refractivity contribution in [1.29, 1.82) is 0 Å². The molecule has 2 aromatic rings. The van der Waals surface area contributed by atoms with Crippen molar-refractivity contribution in [2.75, 3.05) is 26.7 Å². The average Bonchev–Trinajstić information content (AvgIpc) is 2.84. The van der Waals surface area contributed by atoms with Gasteiger partial charge in [0, 0.05) is 25.8 Å². The number of hydrogen-bond acceptors (Lipinski definition) is 4. The molecular formula is C16H23N5O. The Hall–Kier alpha value is -1.95. The maximum atomic E-state index is 11.9. The molecule has 0 bridgehead atoms. The van der Waals surface area contributed by atoms with Gasteiger partial charge in [0.2, 0.25) is 5.91 Å². The Kier molecular flexibility index (Phi) is 4.38. The number of likely N-dealkylation sites (N-methyl/N-ethyl adjacent to an activating group) is 1. The molecule has 1 aliphatic rings. The molecule has 0 saturated carbocycles. The monoisotopic (exact) mass is 301 g/mol. The van der Waals surface area contributed by atoms with Gasteiger partial charge >= 0.3 is 0 Å². The Labute approximate surface area is 130 Å². The number of aryl methyl sites for hydroxylation is 1. The highest BCUT2D eigenvalue weighted by molar-refractivity contribution is 5.78. The van der Waals surface area contributed by atoms with Gasteiger partial charge in [-0.05, 0) is 38.8 Å². The van der Waals surface area contributed by atoms with E-state index in [-0.39, 0.29) is 5.91 Å². The van der Waals surface area contributed by atoms with Gasteiger partial charge in [-0.25, -0.2) is 4.98 Å². The Balaban J connectivity index is 1.65. The van der Waals surface area contributed by atoms with Gasteiger partial charge in [-0.3, -0.25) is 9.78 Å². The second kappa shape index (κ2) is 6.44. The predicted molar refractivity (Wildman–Crippen MR) is 85.5 cm³/mol. The number of rotatable bonds is 4. The highest BCUT2D eigenvalue weighted by atomic mass is 16.2. The molecule has 0 aromatic carbocycles. The smallest absolute Gasteiger partial charge is 0.236 e. The van der Waals surface area contributed by atoms with E-state index >= 15 is 0 Å². The molecule has 1 aliphatic heterocycles. The SMILES string of the molecule is CNCC(=O)N1CCC(Cn2c(C)nc3cnccc32)CC1. The molecule has 0 aliphatic carbocycles. The number of carbonyl (C=O) groups excluding carboxylic acids is 1. The van der Waals surface area contributed by atoms with Crippen LogP contribution in [-0.2, 0) is 11.3 Å². The third kappa shape index (κ3) is 2.97. The number of amides is 1. The summed E-state index contributed by atoms with van der Waals surface area (Å²) in [6.07, 6.45) is 5.75. The van der Waals surface area contributed by atoms with E-state index in [1.807, 2.05) is 37.3 Å². The minimum atomic E-state index is 0.205. The zero-order chi connectivity index (χ0) is 15.5. The van der Waals surface area contributed by atoms with Crippen molar-refractivity contribution < 1.29 is 4.79 Å². The third-order valence-electron chi connectivity index (χ3n) is 4.48. The lowest BCUT2D eigenvalue weighted by Crippen LogP contribution is -2.42. The first-order valence-corrected chi connectivity index (χ1v) is 7.88. The Morgan fingerprint density at radius 2 is 2.18 bits per heavy atom. The number of imidazole rings is 1. The summed E-state index contributed by atoms with van der Waals surface area (Å²) in [5.74, 6) is 1.84. The topological polar surface area (TPSA) is 63.1 Å². The molecule has 1 saturated heterocycles. The van der Waals surface area contributed by atoms with Crippen LogP contribution >= 0.6 is 0 Å². The summed E-state index contributed by atoms with van der Waals surface area (Å²) in [5.41, 5.74) is 2.11. The third-order valence-corrected chi connectivity index (χ3v) is 4.48. The highest BCUT2D eigenvalue weighted by Gasteiger charge is 2.23. The zero-order valence-electron chi connectivity index (χ0n) is 13.2. The van der Waals surface area contributed by atoms with Crippen LogP contribution in [0.4, 0.5) is 0 Å². The van der Waals surface area contributed by atoms with Crippen molar-refractivity contribution in [3.05, 3.63) is 24.3 Å². The van der Waals surface area contributed by atoms with Crippen LogP contribution in [0.1, 0.15) is 18.7 Å². The van der Waals surface area contributed by atoms with Crippen LogP contribution in [0.3, 0.4) is 0 Å². The van der Waals surface area contributed by atoms with E-state index in [0.29, 0.717) is 12.5 Å². The molecule has 0 radical (unpaired) electrons. The van der Waals surface area contributed by atoms with Gasteiger partial charge in [-0.15, -0.1) is 0 Å². The quantitative estimate of drug-likeness (QED) is 0.921. The minimum Gasteiger partial charge on any atom is -0.342 e. The number of fused-ring (bicyclic) bond motifs is 1. The first-order valence-electron chi connectivity index (χ1n) is 7.88. The minimum absolute atomic E-state index is 0.205. The van der Waals surface area contributed by atoms with Crippen LogP contribution in [-0.4, -0.2) is 52.0 Å². The van der Waals surface area contributed by atoms with Gasteiger partial charge in [0.25, 0.3) is 0 Å². The number of piperidine rings is 1. The fraction of sp³-hybridized carbons (Fsp3) is 0.562. The Bertz CT molecular complexity index is 658. The molecule has 6 heteroatoms. The summed E-state index contributed by atoms with van der Waals surface area (Å²) < 4.78 is 2.28. The maximum absolute atomic E-state index is 11.9. The van der Waals surface area contributed by atoms with Gasteiger partial charge in [-0.2, -0.15) is 0 Å². The van der Waals surface area contributed by atoms with Gasteiger partial charge in [0.1, 0.15) is 11.3 Å². The molecule has 2 aromatic heterocycles. The Morgan fingerprint density at radius 3 is 2.91 bits per heavy atom. The Morgan fingerprint density at radius 1 is 1.41 bits per heavy atom. The van der Waals surface area contributed by atoms with E-state index in [9.17, 15) is 4.79 Å². The maximum Gasteiger partial charge on any atom is 0.236 e. The molecule has 6 nitrogen and oxygen atoms in total. The van der Waals surface area contributed by atoms with Crippen LogP contribution in [0.15, 0.2) is 18.5 Å². The number of pyridine rings is 1. The van der Waals surface area contributed by atoms with Crippen LogP contribution in [0, 0.1) is 12.8 Å². The molecule has 3 heterocycles. The molecule has 22 heavy (non-hydrogen) atoms. The first kappa shape index (κ1) is 15.0. The van der Waals surface area contributed by atoms with Crippen molar-refractivity contribution in [2.45, 2.75) is 26.3 Å². The van der Waals surface area contributed by atoms with Gasteiger partial charge in [0.05, 0.1) is 18.3 Å². The molecule has 118 valence electrons. The summed E-state index contributed by atoms with van der Waals surface area (Å²) in [6.45, 7) is 5.17. The number of nitrogens with zero attached hydrogens (tertiary/aromatic N) is 4. The standard InChI is InChI=1S/C16H23N5O/c1-12-19-14-9-18-6-3-15(14)21(12)11-13-4-7-20(8-5-13)16(22)10-17-2/h3,6,9,13,17H,4-5,7-8,10-11H2,1-2H3.